The number of nitrogens with zero attached hydrogens (tertiary/aromatic N) is 1. The van der Waals surface area contributed by atoms with Gasteiger partial charge in [0.05, 0.1) is 34.4 Å². The van der Waals surface area contributed by atoms with Crippen LogP contribution >= 0.6 is 7.82 Å². The molecule has 1 N–H and O–H groups in total. The van der Waals surface area contributed by atoms with Gasteiger partial charge in [0.15, 0.2) is 0 Å². The fourth-order valence-corrected chi connectivity index (χ4v) is 5.30. The molecular weight excluding hydrogens is 601 g/mol. The average molecular weight is 673 g/mol. The van der Waals surface area contributed by atoms with Gasteiger partial charge in [-0.25, -0.2) is 4.57 Å². The average Bonchev–Trinajstić information content (AvgIpc) is 2.99. The predicted molar refractivity (Wildman–Crippen MR) is 192 cm³/mol. The van der Waals surface area contributed by atoms with Gasteiger partial charge in [0.25, 0.3) is 0 Å². The van der Waals surface area contributed by atoms with Crippen LogP contribution in [0.2, 0.25) is 0 Å². The van der Waals surface area contributed by atoms with Crippen LogP contribution < -0.4 is 0 Å². The van der Waals surface area contributed by atoms with E-state index < -0.39 is 13.9 Å². The molecule has 0 saturated carbocycles. The standard InChI is InChI=1S/C37H70NO7P/c1-6-8-10-12-13-14-15-16-17-18-19-20-21-22-23-24-25-26-27-29-32-42-34-36(45-37(39)30-28-11-9-7-2)35-44-46(40,41)43-33-31-38(3,4)5/h13-14,16-17,19-20,36H,6-12,15,18,21-35H2,1-5H3/p+1/b14-13-,17-16-,20-19-. The molecule has 0 saturated heterocycles. The molecule has 0 aliphatic heterocycles. The number of phosphoric ester groups is 1. The summed E-state index contributed by atoms with van der Waals surface area (Å²) in [5.41, 5.74) is 0. The van der Waals surface area contributed by atoms with E-state index in [0.29, 0.717) is 24.1 Å². The minimum Gasteiger partial charge on any atom is -0.457 e. The highest BCUT2D eigenvalue weighted by Gasteiger charge is 2.26. The number of carbonyl (C=O) groups excluding carboxylic acids is 1. The van der Waals surface area contributed by atoms with Crippen molar-refractivity contribution in [2.24, 2.45) is 0 Å². The molecule has 9 heteroatoms. The zero-order chi connectivity index (χ0) is 34.2. The molecule has 0 heterocycles. The Labute approximate surface area is 283 Å². The summed E-state index contributed by atoms with van der Waals surface area (Å²) in [7, 11) is 1.65. The lowest BCUT2D eigenvalue weighted by Crippen LogP contribution is -2.37. The molecule has 0 aromatic rings. The van der Waals surface area contributed by atoms with Gasteiger partial charge in [-0.3, -0.25) is 13.8 Å². The van der Waals surface area contributed by atoms with Gasteiger partial charge in [-0.05, 0) is 51.4 Å². The third-order valence-corrected chi connectivity index (χ3v) is 8.44. The van der Waals surface area contributed by atoms with Crippen molar-refractivity contribution in [2.75, 3.05) is 54.1 Å². The zero-order valence-corrected chi connectivity index (χ0v) is 31.2. The number of esters is 1. The number of ether oxygens (including phenoxy) is 2. The largest absolute Gasteiger partial charge is 0.472 e. The van der Waals surface area contributed by atoms with E-state index in [9.17, 15) is 14.3 Å². The first-order chi connectivity index (χ1) is 22.1. The van der Waals surface area contributed by atoms with Crippen LogP contribution in [0.4, 0.5) is 0 Å². The summed E-state index contributed by atoms with van der Waals surface area (Å²) in [6.07, 6.45) is 33.7. The molecule has 46 heavy (non-hydrogen) atoms. The number of quaternary nitrogens is 1. The third-order valence-electron chi connectivity index (χ3n) is 7.45. The second-order valence-electron chi connectivity index (χ2n) is 13.3. The first-order valence-electron chi connectivity index (χ1n) is 18.2. The minimum absolute atomic E-state index is 0.0856. The van der Waals surface area contributed by atoms with Crippen LogP contribution in [0.15, 0.2) is 36.5 Å². The third kappa shape index (κ3) is 34.1. The Morgan fingerprint density at radius 1 is 0.674 bits per heavy atom. The first-order valence-corrected chi connectivity index (χ1v) is 19.7. The molecule has 0 aromatic heterocycles. The highest BCUT2D eigenvalue weighted by Crippen LogP contribution is 2.43. The van der Waals surface area contributed by atoms with Crippen molar-refractivity contribution < 1.29 is 37.3 Å². The fourth-order valence-electron chi connectivity index (χ4n) is 4.56. The first kappa shape index (κ1) is 44.7. The molecule has 0 fully saturated rings. The number of rotatable bonds is 33. The van der Waals surface area contributed by atoms with Crippen LogP contribution in [0.1, 0.15) is 136 Å². The van der Waals surface area contributed by atoms with E-state index in [0.717, 1.165) is 57.8 Å². The van der Waals surface area contributed by atoms with Gasteiger partial charge in [0.2, 0.25) is 0 Å². The lowest BCUT2D eigenvalue weighted by atomic mass is 10.1. The normalized spacial score (nSPS) is 14.5. The van der Waals surface area contributed by atoms with Crippen LogP contribution in [0.3, 0.4) is 0 Å². The summed E-state index contributed by atoms with van der Waals surface area (Å²) < 4.78 is 34.5. The van der Waals surface area contributed by atoms with Gasteiger partial charge in [-0.1, -0.05) is 115 Å². The topological polar surface area (TPSA) is 91.3 Å². The lowest BCUT2D eigenvalue weighted by Gasteiger charge is -2.24. The van der Waals surface area contributed by atoms with Crippen molar-refractivity contribution in [3.05, 3.63) is 36.5 Å². The molecule has 2 atom stereocenters. The van der Waals surface area contributed by atoms with Crippen molar-refractivity contribution in [2.45, 2.75) is 142 Å². The van der Waals surface area contributed by atoms with Crippen LogP contribution in [0.5, 0.6) is 0 Å². The van der Waals surface area contributed by atoms with Crippen molar-refractivity contribution in [1.29, 1.82) is 0 Å². The second kappa shape index (κ2) is 31.0. The van der Waals surface area contributed by atoms with Gasteiger partial charge in [0.1, 0.15) is 19.3 Å². The van der Waals surface area contributed by atoms with Crippen molar-refractivity contribution in [3.8, 4) is 0 Å². The molecule has 0 radical (unpaired) electrons. The van der Waals surface area contributed by atoms with E-state index in [4.69, 9.17) is 18.5 Å². The summed E-state index contributed by atoms with van der Waals surface area (Å²) in [6.45, 7) is 5.43. The molecule has 270 valence electrons. The zero-order valence-electron chi connectivity index (χ0n) is 30.3. The summed E-state index contributed by atoms with van der Waals surface area (Å²) >= 11 is 0. The van der Waals surface area contributed by atoms with E-state index in [1.165, 1.54) is 57.8 Å². The number of hydrogen-bond acceptors (Lipinski definition) is 6. The van der Waals surface area contributed by atoms with Crippen molar-refractivity contribution in [1.82, 2.24) is 0 Å². The Morgan fingerprint density at radius 3 is 1.80 bits per heavy atom. The summed E-state index contributed by atoms with van der Waals surface area (Å²) in [4.78, 5) is 22.4. The van der Waals surface area contributed by atoms with E-state index in [-0.39, 0.29) is 25.8 Å². The molecule has 0 aromatic carbocycles. The number of allylic oxidation sites excluding steroid dienone is 6. The highest BCUT2D eigenvalue weighted by molar-refractivity contribution is 7.47. The maximum Gasteiger partial charge on any atom is 0.472 e. The predicted octanol–water partition coefficient (Wildman–Crippen LogP) is 9.87. The molecule has 0 rings (SSSR count). The molecule has 0 aliphatic carbocycles. The van der Waals surface area contributed by atoms with Crippen LogP contribution in [0.25, 0.3) is 0 Å². The summed E-state index contributed by atoms with van der Waals surface area (Å²) in [6, 6.07) is 0. The molecular formula is C37H71NO7P+. The number of hydrogen-bond donors (Lipinski definition) is 1. The highest BCUT2D eigenvalue weighted by atomic mass is 31.2. The number of phosphoric acid groups is 1. The number of unbranched alkanes of at least 4 members (excludes halogenated alkanes) is 13. The Bertz CT molecular complexity index is 838. The van der Waals surface area contributed by atoms with Gasteiger partial charge < -0.3 is 18.9 Å². The Kier molecular flexibility index (Phi) is 30.2. The van der Waals surface area contributed by atoms with Gasteiger partial charge in [-0.15, -0.1) is 0 Å². The van der Waals surface area contributed by atoms with Crippen LogP contribution in [0, 0.1) is 0 Å². The maximum atomic E-state index is 12.3. The monoisotopic (exact) mass is 672 g/mol. The van der Waals surface area contributed by atoms with Crippen LogP contribution in [-0.2, 0) is 27.9 Å². The molecule has 0 spiro atoms. The van der Waals surface area contributed by atoms with E-state index in [2.05, 4.69) is 50.3 Å². The SMILES string of the molecule is CCCCC/C=C\C/C=C\C/C=C\CCCCCCCCCOCC(COP(=O)(O)OCC[N+](C)(C)C)OC(=O)CCCCCC. The van der Waals surface area contributed by atoms with Crippen molar-refractivity contribution >= 4 is 13.8 Å². The van der Waals surface area contributed by atoms with E-state index >= 15 is 0 Å². The van der Waals surface area contributed by atoms with E-state index in [1.807, 2.05) is 21.1 Å². The Balaban J connectivity index is 4.07. The quantitative estimate of drug-likeness (QED) is 0.0244. The number of likely N-dealkylation sites (N-methyl/N-ethyl adjacent to an activating group) is 1. The Morgan fingerprint density at radius 2 is 1.20 bits per heavy atom. The summed E-state index contributed by atoms with van der Waals surface area (Å²) in [5, 5.41) is 0. The fraction of sp³-hybridized carbons (Fsp3) is 0.811. The second-order valence-corrected chi connectivity index (χ2v) is 14.7. The smallest absolute Gasteiger partial charge is 0.457 e. The molecule has 0 aliphatic rings. The van der Waals surface area contributed by atoms with Crippen LogP contribution in [-0.4, -0.2) is 75.6 Å². The minimum atomic E-state index is -4.25. The lowest BCUT2D eigenvalue weighted by molar-refractivity contribution is -0.870. The van der Waals surface area contributed by atoms with Gasteiger partial charge in [0, 0.05) is 13.0 Å². The van der Waals surface area contributed by atoms with Gasteiger partial charge in [-0.2, -0.15) is 0 Å². The molecule has 2 unspecified atom stereocenters. The van der Waals surface area contributed by atoms with Crippen molar-refractivity contribution in [3.63, 3.8) is 0 Å². The van der Waals surface area contributed by atoms with Gasteiger partial charge >= 0.3 is 13.8 Å². The molecule has 0 bridgehead atoms. The molecule has 0 amide bonds. The summed E-state index contributed by atoms with van der Waals surface area (Å²) in [5.74, 6) is -0.337. The Hall–Kier alpha value is -1.28. The maximum absolute atomic E-state index is 12.3. The number of carbonyl (C=O) groups is 1. The molecule has 8 nitrogen and oxygen atoms in total. The van der Waals surface area contributed by atoms with E-state index in [1.54, 1.807) is 0 Å².